The third-order valence-corrected chi connectivity index (χ3v) is 3.18. The van der Waals surface area contributed by atoms with Crippen LogP contribution in [0.25, 0.3) is 0 Å². The molecular weight excluding hydrogens is 290 g/mol. The standard InChI is InChI=1S/C14H13N3O3S/c18-11-7-6-10(13(19)8-11)9-15-16-14(20)17-21-12-4-2-1-3-5-12/h1-9,18-19H,(H2,16,17,20)/b15-9+. The highest BCUT2D eigenvalue weighted by atomic mass is 32.2. The Bertz CT molecular complexity index is 647. The summed E-state index contributed by atoms with van der Waals surface area (Å²) in [5, 5.41) is 22.4. The number of carbonyl (C=O) groups is 1. The number of hydrogen-bond donors (Lipinski definition) is 4. The molecule has 0 radical (unpaired) electrons. The van der Waals surface area contributed by atoms with Crippen molar-refractivity contribution < 1.29 is 15.0 Å². The van der Waals surface area contributed by atoms with Crippen LogP contribution < -0.4 is 10.1 Å². The molecule has 4 N–H and O–H groups in total. The van der Waals surface area contributed by atoms with Gasteiger partial charge in [0, 0.05) is 16.5 Å². The van der Waals surface area contributed by atoms with E-state index in [4.69, 9.17) is 5.11 Å². The first kappa shape index (κ1) is 14.7. The van der Waals surface area contributed by atoms with Gasteiger partial charge in [0.2, 0.25) is 0 Å². The Kier molecular flexibility index (Phi) is 5.05. The smallest absolute Gasteiger partial charge is 0.345 e. The number of phenols is 2. The fourth-order valence-electron chi connectivity index (χ4n) is 1.42. The van der Waals surface area contributed by atoms with Crippen LogP contribution in [0.4, 0.5) is 4.79 Å². The third kappa shape index (κ3) is 4.73. The van der Waals surface area contributed by atoms with Crippen molar-refractivity contribution >= 4 is 24.2 Å². The van der Waals surface area contributed by atoms with Gasteiger partial charge >= 0.3 is 6.03 Å². The summed E-state index contributed by atoms with van der Waals surface area (Å²) in [6, 6.07) is 12.9. The van der Waals surface area contributed by atoms with E-state index in [1.807, 2.05) is 30.3 Å². The van der Waals surface area contributed by atoms with Crippen molar-refractivity contribution in [3.63, 3.8) is 0 Å². The largest absolute Gasteiger partial charge is 0.508 e. The Morgan fingerprint density at radius 3 is 2.62 bits per heavy atom. The molecule has 0 saturated heterocycles. The lowest BCUT2D eigenvalue weighted by Gasteiger charge is -2.03. The maximum Gasteiger partial charge on any atom is 0.345 e. The van der Waals surface area contributed by atoms with Crippen molar-refractivity contribution in [1.82, 2.24) is 10.1 Å². The number of benzene rings is 2. The molecule has 7 heteroatoms. The van der Waals surface area contributed by atoms with Gasteiger partial charge in [-0.1, -0.05) is 18.2 Å². The highest BCUT2D eigenvalue weighted by Crippen LogP contribution is 2.20. The molecule has 0 heterocycles. The molecule has 0 aliphatic heterocycles. The van der Waals surface area contributed by atoms with Gasteiger partial charge in [-0.3, -0.25) is 4.72 Å². The van der Waals surface area contributed by atoms with Gasteiger partial charge in [0.1, 0.15) is 11.5 Å². The summed E-state index contributed by atoms with van der Waals surface area (Å²) in [6.07, 6.45) is 1.28. The van der Waals surface area contributed by atoms with Crippen molar-refractivity contribution in [2.75, 3.05) is 0 Å². The highest BCUT2D eigenvalue weighted by molar-refractivity contribution is 7.98. The van der Waals surface area contributed by atoms with Crippen molar-refractivity contribution in [1.29, 1.82) is 0 Å². The Morgan fingerprint density at radius 2 is 1.90 bits per heavy atom. The number of aromatic hydroxyl groups is 2. The first-order valence-corrected chi connectivity index (χ1v) is 6.80. The minimum absolute atomic E-state index is 0.0467. The average Bonchev–Trinajstić information content (AvgIpc) is 2.48. The molecule has 2 aromatic rings. The van der Waals surface area contributed by atoms with Gasteiger partial charge in [-0.25, -0.2) is 10.2 Å². The quantitative estimate of drug-likeness (QED) is 0.396. The molecule has 6 nitrogen and oxygen atoms in total. The Balaban J connectivity index is 1.82. The van der Waals surface area contributed by atoms with Gasteiger partial charge < -0.3 is 10.2 Å². The second-order valence-electron chi connectivity index (χ2n) is 3.96. The molecule has 0 aliphatic carbocycles. The van der Waals surface area contributed by atoms with E-state index in [-0.39, 0.29) is 11.5 Å². The van der Waals surface area contributed by atoms with Crippen molar-refractivity contribution in [2.45, 2.75) is 4.90 Å². The molecule has 108 valence electrons. The van der Waals surface area contributed by atoms with Crippen LogP contribution in [0.5, 0.6) is 11.5 Å². The van der Waals surface area contributed by atoms with Crippen LogP contribution >= 0.6 is 11.9 Å². The van der Waals surface area contributed by atoms with E-state index in [1.165, 1.54) is 24.4 Å². The molecule has 0 bridgehead atoms. The first-order chi connectivity index (χ1) is 10.1. The lowest BCUT2D eigenvalue weighted by molar-refractivity contribution is 0.247. The van der Waals surface area contributed by atoms with E-state index in [0.717, 1.165) is 16.8 Å². The van der Waals surface area contributed by atoms with Crippen LogP contribution in [-0.4, -0.2) is 22.5 Å². The topological polar surface area (TPSA) is 94.0 Å². The van der Waals surface area contributed by atoms with Crippen LogP contribution in [0, 0.1) is 0 Å². The van der Waals surface area contributed by atoms with Crippen molar-refractivity contribution in [2.24, 2.45) is 5.10 Å². The number of hydrogen-bond acceptors (Lipinski definition) is 5. The minimum Gasteiger partial charge on any atom is -0.508 e. The van der Waals surface area contributed by atoms with Gasteiger partial charge in [-0.2, -0.15) is 5.10 Å². The van der Waals surface area contributed by atoms with Crippen molar-refractivity contribution in [3.8, 4) is 11.5 Å². The molecule has 0 aromatic heterocycles. The van der Waals surface area contributed by atoms with E-state index >= 15 is 0 Å². The molecule has 0 spiro atoms. The lowest BCUT2D eigenvalue weighted by Crippen LogP contribution is -2.27. The van der Waals surface area contributed by atoms with E-state index in [9.17, 15) is 9.90 Å². The van der Waals surface area contributed by atoms with Gasteiger partial charge in [-0.15, -0.1) is 0 Å². The molecular formula is C14H13N3O3S. The number of hydrazone groups is 1. The van der Waals surface area contributed by atoms with E-state index in [1.54, 1.807) is 0 Å². The Morgan fingerprint density at radius 1 is 1.14 bits per heavy atom. The molecule has 2 aromatic carbocycles. The summed E-state index contributed by atoms with van der Waals surface area (Å²) in [7, 11) is 0. The number of rotatable bonds is 4. The predicted molar refractivity (Wildman–Crippen MR) is 81.3 cm³/mol. The van der Waals surface area contributed by atoms with Crippen LogP contribution in [0.15, 0.2) is 58.5 Å². The molecule has 2 rings (SSSR count). The summed E-state index contributed by atoms with van der Waals surface area (Å²) < 4.78 is 2.56. The monoisotopic (exact) mass is 303 g/mol. The Labute approximate surface area is 125 Å². The number of phenolic OH excluding ortho intramolecular Hbond substituents is 2. The molecule has 21 heavy (non-hydrogen) atoms. The summed E-state index contributed by atoms with van der Waals surface area (Å²) >= 11 is 1.16. The maximum absolute atomic E-state index is 11.5. The van der Waals surface area contributed by atoms with Gasteiger partial charge in [0.15, 0.2) is 0 Å². The van der Waals surface area contributed by atoms with Crippen molar-refractivity contribution in [3.05, 3.63) is 54.1 Å². The molecule has 0 atom stereocenters. The van der Waals surface area contributed by atoms with Gasteiger partial charge in [0.05, 0.1) is 6.21 Å². The third-order valence-electron chi connectivity index (χ3n) is 2.39. The second kappa shape index (κ2) is 7.20. The molecule has 0 aliphatic rings. The first-order valence-electron chi connectivity index (χ1n) is 5.98. The summed E-state index contributed by atoms with van der Waals surface area (Å²) in [4.78, 5) is 12.4. The molecule has 2 amide bonds. The summed E-state index contributed by atoms with van der Waals surface area (Å²) in [6.45, 7) is 0. The van der Waals surface area contributed by atoms with E-state index < -0.39 is 6.03 Å². The van der Waals surface area contributed by atoms with Gasteiger partial charge in [-0.05, 0) is 36.2 Å². The van der Waals surface area contributed by atoms with Crippen LogP contribution in [0.2, 0.25) is 0 Å². The minimum atomic E-state index is -0.488. The van der Waals surface area contributed by atoms with E-state index in [0.29, 0.717) is 5.56 Å². The maximum atomic E-state index is 11.5. The fourth-order valence-corrected chi connectivity index (χ4v) is 1.97. The number of nitrogens with zero attached hydrogens (tertiary/aromatic N) is 1. The Hall–Kier alpha value is -2.67. The number of carbonyl (C=O) groups excluding carboxylic acids is 1. The number of amides is 2. The number of urea groups is 1. The fraction of sp³-hybridized carbons (Fsp3) is 0. The molecule has 0 saturated carbocycles. The zero-order chi connectivity index (χ0) is 15.1. The average molecular weight is 303 g/mol. The SMILES string of the molecule is O=C(N/N=C/c1ccc(O)cc1O)NSc1ccccc1. The normalized spacial score (nSPS) is 10.5. The predicted octanol–water partition coefficient (Wildman–Crippen LogP) is 2.44. The highest BCUT2D eigenvalue weighted by Gasteiger charge is 2.01. The zero-order valence-corrected chi connectivity index (χ0v) is 11.7. The second-order valence-corrected chi connectivity index (χ2v) is 4.84. The molecule has 0 unspecified atom stereocenters. The van der Waals surface area contributed by atoms with Gasteiger partial charge in [0.25, 0.3) is 0 Å². The molecule has 0 fully saturated rings. The summed E-state index contributed by atoms with van der Waals surface area (Å²) in [5.41, 5.74) is 2.65. The summed E-state index contributed by atoms with van der Waals surface area (Å²) in [5.74, 6) is -0.172. The zero-order valence-electron chi connectivity index (χ0n) is 10.9. The van der Waals surface area contributed by atoms with Crippen LogP contribution in [0.3, 0.4) is 0 Å². The lowest BCUT2D eigenvalue weighted by atomic mass is 10.2. The van der Waals surface area contributed by atoms with E-state index in [2.05, 4.69) is 15.2 Å². The van der Waals surface area contributed by atoms with Crippen LogP contribution in [0.1, 0.15) is 5.56 Å². The number of nitrogens with one attached hydrogen (secondary N) is 2. The van der Waals surface area contributed by atoms with Crippen LogP contribution in [-0.2, 0) is 0 Å².